The van der Waals surface area contributed by atoms with Crippen LogP contribution in [0.5, 0.6) is 0 Å². The van der Waals surface area contributed by atoms with E-state index in [0.29, 0.717) is 0 Å². The fourth-order valence-electron chi connectivity index (χ4n) is 1.76. The molecule has 0 aromatic rings. The number of methoxy groups -OCH3 is 1. The first-order chi connectivity index (χ1) is 6.41. The van der Waals surface area contributed by atoms with E-state index in [9.17, 15) is 9.59 Å². The zero-order valence-electron chi connectivity index (χ0n) is 8.89. The molecule has 0 aromatic carbocycles. The minimum Gasteiger partial charge on any atom is -0.481 e. The number of carbonyl (C=O) groups excluding carboxylic acids is 1. The Morgan fingerprint density at radius 2 is 1.93 bits per heavy atom. The predicted molar refractivity (Wildman–Crippen MR) is 56.8 cm³/mol. The van der Waals surface area contributed by atoms with Crippen LogP contribution in [-0.4, -0.2) is 24.2 Å². The highest BCUT2D eigenvalue weighted by Crippen LogP contribution is 2.58. The smallest absolute Gasteiger partial charge is 0.330 e. The van der Waals surface area contributed by atoms with Gasteiger partial charge in [-0.25, -0.2) is 4.79 Å². The monoisotopic (exact) mass is 234 g/mol. The van der Waals surface area contributed by atoms with Crippen molar-refractivity contribution in [3.63, 3.8) is 0 Å². The van der Waals surface area contributed by atoms with Crippen molar-refractivity contribution in [3.8, 4) is 0 Å². The molecule has 0 bridgehead atoms. The molecule has 1 aliphatic rings. The van der Waals surface area contributed by atoms with Crippen molar-refractivity contribution < 1.29 is 19.4 Å². The van der Waals surface area contributed by atoms with E-state index in [1.54, 1.807) is 6.08 Å². The molecule has 5 heteroatoms. The number of hydrogen-bond donors (Lipinski definition) is 1. The topological polar surface area (TPSA) is 63.6 Å². The average molecular weight is 235 g/mol. The Balaban J connectivity index is 0.00000196. The number of rotatable bonds is 3. The summed E-state index contributed by atoms with van der Waals surface area (Å²) in [6.07, 6.45) is 2.90. The zero-order valence-corrected chi connectivity index (χ0v) is 9.71. The molecular formula is C10H15ClO4. The Bertz CT molecular complexity index is 296. The van der Waals surface area contributed by atoms with Crippen LogP contribution in [0, 0.1) is 17.3 Å². The highest BCUT2D eigenvalue weighted by molar-refractivity contribution is 5.85. The van der Waals surface area contributed by atoms with E-state index < -0.39 is 11.9 Å². The number of hydrogen-bond acceptors (Lipinski definition) is 3. The molecule has 2 atom stereocenters. The average Bonchev–Trinajstić information content (AvgIpc) is 2.64. The fraction of sp³-hybridized carbons (Fsp3) is 0.600. The van der Waals surface area contributed by atoms with Gasteiger partial charge in [0.25, 0.3) is 0 Å². The largest absolute Gasteiger partial charge is 0.481 e. The number of halogens is 1. The summed E-state index contributed by atoms with van der Waals surface area (Å²) in [5.41, 5.74) is -0.254. The molecule has 2 unspecified atom stereocenters. The molecule has 1 rings (SSSR count). The number of esters is 1. The molecule has 0 aromatic heterocycles. The van der Waals surface area contributed by atoms with Crippen molar-refractivity contribution in [1.82, 2.24) is 0 Å². The van der Waals surface area contributed by atoms with Crippen molar-refractivity contribution in [2.45, 2.75) is 13.8 Å². The first-order valence-electron chi connectivity index (χ1n) is 4.40. The second-order valence-electron chi connectivity index (χ2n) is 4.05. The molecule has 1 fully saturated rings. The van der Waals surface area contributed by atoms with E-state index in [4.69, 9.17) is 5.11 Å². The van der Waals surface area contributed by atoms with Gasteiger partial charge in [0, 0.05) is 6.08 Å². The first-order valence-corrected chi connectivity index (χ1v) is 4.40. The van der Waals surface area contributed by atoms with Crippen LogP contribution in [0.2, 0.25) is 0 Å². The molecule has 0 saturated heterocycles. The fourth-order valence-corrected chi connectivity index (χ4v) is 1.76. The summed E-state index contributed by atoms with van der Waals surface area (Å²) in [7, 11) is 1.29. The molecule has 0 amide bonds. The third-order valence-electron chi connectivity index (χ3n) is 2.82. The summed E-state index contributed by atoms with van der Waals surface area (Å²) in [6.45, 7) is 3.75. The van der Waals surface area contributed by atoms with Crippen molar-refractivity contribution in [2.75, 3.05) is 7.11 Å². The van der Waals surface area contributed by atoms with Crippen LogP contribution < -0.4 is 0 Å². The van der Waals surface area contributed by atoms with Gasteiger partial charge in [-0.3, -0.25) is 4.79 Å². The molecule has 1 saturated carbocycles. The molecule has 15 heavy (non-hydrogen) atoms. The molecule has 1 N–H and O–H groups in total. The molecule has 86 valence electrons. The van der Waals surface area contributed by atoms with Crippen LogP contribution in [0.4, 0.5) is 0 Å². The Labute approximate surface area is 94.7 Å². The Morgan fingerprint density at radius 3 is 2.27 bits per heavy atom. The SMILES string of the molecule is COC(=O)C=CC1C(C(=O)O)C1(C)C.Cl. The van der Waals surface area contributed by atoms with Gasteiger partial charge in [-0.15, -0.1) is 12.4 Å². The van der Waals surface area contributed by atoms with E-state index in [2.05, 4.69) is 4.74 Å². The number of carboxylic acid groups (broad SMARTS) is 1. The maximum absolute atomic E-state index is 10.8. The van der Waals surface area contributed by atoms with Crippen LogP contribution in [0.25, 0.3) is 0 Å². The van der Waals surface area contributed by atoms with E-state index in [0.717, 1.165) is 0 Å². The van der Waals surface area contributed by atoms with Gasteiger partial charge in [0.05, 0.1) is 13.0 Å². The van der Waals surface area contributed by atoms with Crippen LogP contribution in [0.1, 0.15) is 13.8 Å². The van der Waals surface area contributed by atoms with Gasteiger partial charge in [-0.2, -0.15) is 0 Å². The third kappa shape index (κ3) is 2.72. The number of carbonyl (C=O) groups is 2. The normalized spacial score (nSPS) is 26.9. The van der Waals surface area contributed by atoms with Crippen molar-refractivity contribution in [2.24, 2.45) is 17.3 Å². The van der Waals surface area contributed by atoms with Gasteiger partial charge in [0.15, 0.2) is 0 Å². The molecule has 1 aliphatic carbocycles. The number of carboxylic acids is 1. The van der Waals surface area contributed by atoms with E-state index in [-0.39, 0.29) is 29.7 Å². The summed E-state index contributed by atoms with van der Waals surface area (Å²) < 4.78 is 4.42. The van der Waals surface area contributed by atoms with Gasteiger partial charge in [-0.05, 0) is 11.3 Å². The predicted octanol–water partition coefficient (Wildman–Crippen LogP) is 1.49. The molecule has 0 spiro atoms. The summed E-state index contributed by atoms with van der Waals surface area (Å²) >= 11 is 0. The van der Waals surface area contributed by atoms with Gasteiger partial charge < -0.3 is 9.84 Å². The molecule has 0 aliphatic heterocycles. The minimum atomic E-state index is -0.811. The lowest BCUT2D eigenvalue weighted by molar-refractivity contribution is -0.139. The van der Waals surface area contributed by atoms with Gasteiger partial charge in [0.2, 0.25) is 0 Å². The Morgan fingerprint density at radius 1 is 1.40 bits per heavy atom. The molecule has 4 nitrogen and oxygen atoms in total. The third-order valence-corrected chi connectivity index (χ3v) is 2.82. The van der Waals surface area contributed by atoms with Gasteiger partial charge in [0.1, 0.15) is 0 Å². The van der Waals surface area contributed by atoms with E-state index in [1.165, 1.54) is 13.2 Å². The lowest BCUT2D eigenvalue weighted by atomic mass is 10.1. The molecule has 0 heterocycles. The van der Waals surface area contributed by atoms with Gasteiger partial charge >= 0.3 is 11.9 Å². The Kier molecular flexibility index (Phi) is 4.34. The van der Waals surface area contributed by atoms with Crippen LogP contribution in [0.15, 0.2) is 12.2 Å². The second-order valence-corrected chi connectivity index (χ2v) is 4.05. The lowest BCUT2D eigenvalue weighted by Crippen LogP contribution is -2.03. The van der Waals surface area contributed by atoms with Crippen molar-refractivity contribution in [1.29, 1.82) is 0 Å². The van der Waals surface area contributed by atoms with Crippen LogP contribution >= 0.6 is 12.4 Å². The van der Waals surface area contributed by atoms with Crippen LogP contribution in [-0.2, 0) is 14.3 Å². The van der Waals surface area contributed by atoms with Gasteiger partial charge in [-0.1, -0.05) is 19.9 Å². The second kappa shape index (κ2) is 4.66. The zero-order chi connectivity index (χ0) is 10.9. The number of allylic oxidation sites excluding steroid dienone is 1. The van der Waals surface area contributed by atoms with Crippen molar-refractivity contribution >= 4 is 24.3 Å². The standard InChI is InChI=1S/C10H14O4.ClH/c1-10(2)6(8(10)9(12)13)4-5-7(11)14-3;/h4-6,8H,1-3H3,(H,12,13);1H. The maximum atomic E-state index is 10.8. The Hall–Kier alpha value is -1.03. The molecular weight excluding hydrogens is 220 g/mol. The van der Waals surface area contributed by atoms with E-state index >= 15 is 0 Å². The lowest BCUT2D eigenvalue weighted by Gasteiger charge is -1.96. The highest BCUT2D eigenvalue weighted by Gasteiger charge is 2.60. The highest BCUT2D eigenvalue weighted by atomic mass is 35.5. The van der Waals surface area contributed by atoms with Crippen molar-refractivity contribution in [3.05, 3.63) is 12.2 Å². The number of aliphatic carboxylic acids is 1. The van der Waals surface area contributed by atoms with Crippen LogP contribution in [0.3, 0.4) is 0 Å². The molecule has 0 radical (unpaired) electrons. The summed E-state index contributed by atoms with van der Waals surface area (Å²) in [5, 5.41) is 8.83. The minimum absolute atomic E-state index is 0. The summed E-state index contributed by atoms with van der Waals surface area (Å²) in [4.78, 5) is 21.5. The maximum Gasteiger partial charge on any atom is 0.330 e. The summed E-state index contributed by atoms with van der Waals surface area (Å²) in [6, 6.07) is 0. The quantitative estimate of drug-likeness (QED) is 0.594. The van der Waals surface area contributed by atoms with E-state index in [1.807, 2.05) is 13.8 Å². The first kappa shape index (κ1) is 14.0. The summed E-state index contributed by atoms with van der Waals surface area (Å²) in [5.74, 6) is -1.71. The number of ether oxygens (including phenoxy) is 1.